The zero-order valence-corrected chi connectivity index (χ0v) is 16.5. The van der Waals surface area contributed by atoms with E-state index in [1.807, 2.05) is 6.92 Å². The van der Waals surface area contributed by atoms with Gasteiger partial charge in [0.1, 0.15) is 18.1 Å². The Bertz CT molecular complexity index is 538. The summed E-state index contributed by atoms with van der Waals surface area (Å²) in [5, 5.41) is 25.8. The largest absolute Gasteiger partial charge is 0.480 e. The van der Waals surface area contributed by atoms with E-state index in [4.69, 9.17) is 5.73 Å². The van der Waals surface area contributed by atoms with Crippen molar-refractivity contribution < 1.29 is 29.4 Å². The van der Waals surface area contributed by atoms with Gasteiger partial charge < -0.3 is 31.9 Å². The number of carboxylic acid groups (broad SMARTS) is 1. The van der Waals surface area contributed by atoms with Crippen LogP contribution in [-0.2, 0) is 19.2 Å². The third-order valence-corrected chi connectivity index (χ3v) is 4.25. The van der Waals surface area contributed by atoms with E-state index >= 15 is 0 Å². The topological polar surface area (TPSA) is 171 Å². The summed E-state index contributed by atoms with van der Waals surface area (Å²) < 4.78 is 0. The summed E-state index contributed by atoms with van der Waals surface area (Å²) >= 11 is 0. The fraction of sp³-hybridized carbons (Fsp3) is 0.765. The highest BCUT2D eigenvalue weighted by Crippen LogP contribution is 2.10. The fourth-order valence-electron chi connectivity index (χ4n) is 2.21. The Hall–Kier alpha value is -2.20. The molecule has 0 rings (SSSR count). The molecule has 0 radical (unpaired) electrons. The van der Waals surface area contributed by atoms with Crippen LogP contribution in [-0.4, -0.2) is 64.7 Å². The molecule has 0 heterocycles. The maximum absolute atomic E-state index is 12.6. The van der Waals surface area contributed by atoms with Gasteiger partial charge in [0.05, 0.1) is 12.6 Å². The zero-order chi connectivity index (χ0) is 21.3. The second kappa shape index (κ2) is 11.5. The average Bonchev–Trinajstić information content (AvgIpc) is 2.59. The zero-order valence-electron chi connectivity index (χ0n) is 16.5. The Balaban J connectivity index is 5.29. The van der Waals surface area contributed by atoms with Crippen molar-refractivity contribution >= 4 is 23.7 Å². The molecule has 7 N–H and O–H groups in total. The summed E-state index contributed by atoms with van der Waals surface area (Å²) in [5.41, 5.74) is 5.42. The first-order valence-electron chi connectivity index (χ1n) is 8.96. The molecule has 0 spiro atoms. The number of nitrogens with two attached hydrogens (primary N) is 1. The minimum absolute atomic E-state index is 0.306. The van der Waals surface area contributed by atoms with E-state index in [-0.39, 0.29) is 11.8 Å². The molecule has 0 aromatic rings. The summed E-state index contributed by atoms with van der Waals surface area (Å²) in [6, 6.07) is -4.28. The van der Waals surface area contributed by atoms with Crippen molar-refractivity contribution in [2.24, 2.45) is 17.6 Å². The van der Waals surface area contributed by atoms with E-state index < -0.39 is 54.5 Å². The molecule has 0 aliphatic carbocycles. The van der Waals surface area contributed by atoms with E-state index in [0.717, 1.165) is 0 Å². The van der Waals surface area contributed by atoms with Gasteiger partial charge in [-0.05, 0) is 18.8 Å². The van der Waals surface area contributed by atoms with Gasteiger partial charge in [-0.25, -0.2) is 4.79 Å². The van der Waals surface area contributed by atoms with Crippen molar-refractivity contribution in [1.29, 1.82) is 0 Å². The molecule has 156 valence electrons. The molecule has 0 aromatic carbocycles. The Labute approximate surface area is 159 Å². The van der Waals surface area contributed by atoms with Crippen LogP contribution in [0.2, 0.25) is 0 Å². The summed E-state index contributed by atoms with van der Waals surface area (Å²) in [6.07, 6.45) is 0.535. The first kappa shape index (κ1) is 24.8. The molecule has 10 heteroatoms. The lowest BCUT2D eigenvalue weighted by molar-refractivity contribution is -0.144. The lowest BCUT2D eigenvalue weighted by Crippen LogP contribution is -2.59. The quantitative estimate of drug-likeness (QED) is 0.252. The first-order valence-corrected chi connectivity index (χ1v) is 8.96. The number of aliphatic hydroxyl groups excluding tert-OH is 1. The number of nitrogens with one attached hydrogen (secondary N) is 3. The second-order valence-corrected chi connectivity index (χ2v) is 6.97. The maximum Gasteiger partial charge on any atom is 0.326 e. The van der Waals surface area contributed by atoms with Crippen molar-refractivity contribution in [2.75, 3.05) is 6.61 Å². The number of hydrogen-bond acceptors (Lipinski definition) is 6. The van der Waals surface area contributed by atoms with Gasteiger partial charge in [-0.2, -0.15) is 0 Å². The van der Waals surface area contributed by atoms with E-state index in [0.29, 0.717) is 6.42 Å². The van der Waals surface area contributed by atoms with Crippen molar-refractivity contribution in [3.8, 4) is 0 Å². The van der Waals surface area contributed by atoms with Gasteiger partial charge in [0.15, 0.2) is 0 Å². The Morgan fingerprint density at radius 1 is 0.889 bits per heavy atom. The lowest BCUT2D eigenvalue weighted by Gasteiger charge is -2.28. The van der Waals surface area contributed by atoms with Gasteiger partial charge in [0.2, 0.25) is 17.7 Å². The monoisotopic (exact) mass is 388 g/mol. The molecule has 0 saturated heterocycles. The van der Waals surface area contributed by atoms with Crippen molar-refractivity contribution in [2.45, 2.75) is 65.2 Å². The normalized spacial score (nSPS) is 16.6. The highest BCUT2D eigenvalue weighted by molar-refractivity contribution is 5.94. The SMILES string of the molecule is CCC(C)C(NC(=O)C(CO)NC(=O)C(C)N)C(=O)NC(C(=O)O)C(C)C. The highest BCUT2D eigenvalue weighted by Gasteiger charge is 2.33. The average molecular weight is 388 g/mol. The number of aliphatic carboxylic acids is 1. The van der Waals surface area contributed by atoms with Crippen LogP contribution in [0.4, 0.5) is 0 Å². The summed E-state index contributed by atoms with van der Waals surface area (Å²) in [6.45, 7) is 7.60. The molecule has 3 amide bonds. The second-order valence-electron chi connectivity index (χ2n) is 6.97. The summed E-state index contributed by atoms with van der Waals surface area (Å²) in [5.74, 6) is -3.86. The molecule has 5 atom stereocenters. The predicted molar refractivity (Wildman–Crippen MR) is 98.5 cm³/mol. The van der Waals surface area contributed by atoms with Crippen LogP contribution in [0.3, 0.4) is 0 Å². The molecule has 27 heavy (non-hydrogen) atoms. The van der Waals surface area contributed by atoms with Crippen molar-refractivity contribution in [1.82, 2.24) is 16.0 Å². The third-order valence-electron chi connectivity index (χ3n) is 4.25. The fourth-order valence-corrected chi connectivity index (χ4v) is 2.21. The van der Waals surface area contributed by atoms with Crippen LogP contribution in [0.15, 0.2) is 0 Å². The minimum atomic E-state index is -1.27. The van der Waals surface area contributed by atoms with Crippen molar-refractivity contribution in [3.05, 3.63) is 0 Å². The molecule has 5 unspecified atom stereocenters. The molecular formula is C17H32N4O6. The first-order chi connectivity index (χ1) is 12.5. The Morgan fingerprint density at radius 2 is 1.41 bits per heavy atom. The van der Waals surface area contributed by atoms with Gasteiger partial charge in [0, 0.05) is 0 Å². The van der Waals surface area contributed by atoms with Crippen LogP contribution < -0.4 is 21.7 Å². The molecule has 0 aliphatic rings. The minimum Gasteiger partial charge on any atom is -0.480 e. The molecule has 0 aromatic heterocycles. The number of aliphatic hydroxyl groups is 1. The van der Waals surface area contributed by atoms with Crippen molar-refractivity contribution in [3.63, 3.8) is 0 Å². The predicted octanol–water partition coefficient (Wildman–Crippen LogP) is -1.43. The molecule has 0 saturated carbocycles. The highest BCUT2D eigenvalue weighted by atomic mass is 16.4. The van der Waals surface area contributed by atoms with E-state index in [1.165, 1.54) is 6.92 Å². The van der Waals surface area contributed by atoms with Gasteiger partial charge in [-0.1, -0.05) is 34.1 Å². The number of rotatable bonds is 11. The number of carbonyl (C=O) groups is 4. The molecule has 0 fully saturated rings. The molecular weight excluding hydrogens is 356 g/mol. The standard InChI is InChI=1S/C17H32N4O6/c1-6-9(4)13(16(25)20-12(8(2)3)17(26)27)21-15(24)11(7-22)19-14(23)10(5)18/h8-13,22H,6-7,18H2,1-5H3,(H,19,23)(H,20,25)(H,21,24)(H,26,27). The van der Waals surface area contributed by atoms with E-state index in [1.54, 1.807) is 20.8 Å². The smallest absolute Gasteiger partial charge is 0.326 e. The Morgan fingerprint density at radius 3 is 1.78 bits per heavy atom. The number of carbonyl (C=O) groups excluding carboxylic acids is 3. The van der Waals surface area contributed by atoms with Gasteiger partial charge in [-0.3, -0.25) is 14.4 Å². The van der Waals surface area contributed by atoms with Gasteiger partial charge >= 0.3 is 5.97 Å². The molecule has 0 aliphatic heterocycles. The number of hydrogen-bond donors (Lipinski definition) is 6. The maximum atomic E-state index is 12.6. The van der Waals surface area contributed by atoms with Crippen LogP contribution in [0.25, 0.3) is 0 Å². The van der Waals surface area contributed by atoms with Gasteiger partial charge in [0.25, 0.3) is 0 Å². The van der Waals surface area contributed by atoms with Crippen LogP contribution in [0, 0.1) is 11.8 Å². The van der Waals surface area contributed by atoms with E-state index in [2.05, 4.69) is 16.0 Å². The summed E-state index contributed by atoms with van der Waals surface area (Å²) in [7, 11) is 0. The van der Waals surface area contributed by atoms with Crippen LogP contribution >= 0.6 is 0 Å². The van der Waals surface area contributed by atoms with E-state index in [9.17, 15) is 29.4 Å². The number of carboxylic acids is 1. The summed E-state index contributed by atoms with van der Waals surface area (Å²) in [4.78, 5) is 47.9. The Kier molecular flexibility index (Phi) is 10.6. The third kappa shape index (κ3) is 7.92. The lowest BCUT2D eigenvalue weighted by atomic mass is 9.96. The number of amides is 3. The molecule has 10 nitrogen and oxygen atoms in total. The van der Waals surface area contributed by atoms with Crippen LogP contribution in [0.5, 0.6) is 0 Å². The van der Waals surface area contributed by atoms with Crippen LogP contribution in [0.1, 0.15) is 41.0 Å². The molecule has 0 bridgehead atoms. The van der Waals surface area contributed by atoms with Gasteiger partial charge in [-0.15, -0.1) is 0 Å².